The highest BCUT2D eigenvalue weighted by Crippen LogP contribution is 2.18. The zero-order chi connectivity index (χ0) is 18.2. The Morgan fingerprint density at radius 1 is 1.08 bits per heavy atom. The molecule has 4 heteroatoms. The van der Waals surface area contributed by atoms with Crippen LogP contribution in [0, 0.1) is 0 Å². The molecule has 25 heavy (non-hydrogen) atoms. The van der Waals surface area contributed by atoms with Crippen LogP contribution < -0.4 is 4.74 Å². The third-order valence-electron chi connectivity index (χ3n) is 4.12. The number of unbranched alkanes of at least 4 members (excludes halogenated alkanes) is 9. The smallest absolute Gasteiger partial charge is 0.307 e. The summed E-state index contributed by atoms with van der Waals surface area (Å²) in [4.78, 5) is 14.8. The van der Waals surface area contributed by atoms with Gasteiger partial charge in [-0.25, -0.2) is 0 Å². The minimum atomic E-state index is -0.847. The van der Waals surface area contributed by atoms with Crippen molar-refractivity contribution < 1.29 is 14.6 Å². The molecule has 0 saturated heterocycles. The molecule has 4 nitrogen and oxygen atoms in total. The second-order valence-corrected chi connectivity index (χ2v) is 6.42. The number of carboxylic acids is 1. The molecule has 0 spiro atoms. The van der Waals surface area contributed by atoms with Crippen LogP contribution in [0.5, 0.6) is 5.75 Å². The largest absolute Gasteiger partial charge is 0.491 e. The highest BCUT2D eigenvalue weighted by Gasteiger charge is 2.01. The Balaban J connectivity index is 2.12. The number of carbonyl (C=O) groups is 1. The molecule has 0 aromatic carbocycles. The maximum Gasteiger partial charge on any atom is 0.307 e. The van der Waals surface area contributed by atoms with Crippen LogP contribution in [0.15, 0.2) is 24.4 Å². The van der Waals surface area contributed by atoms with Gasteiger partial charge >= 0.3 is 5.97 Å². The van der Waals surface area contributed by atoms with E-state index in [4.69, 9.17) is 9.84 Å². The zero-order valence-electron chi connectivity index (χ0n) is 15.6. The third kappa shape index (κ3) is 11.4. The van der Waals surface area contributed by atoms with Crippen LogP contribution in [0.2, 0.25) is 0 Å². The topological polar surface area (TPSA) is 59.4 Å². The van der Waals surface area contributed by atoms with Crippen molar-refractivity contribution in [1.82, 2.24) is 4.98 Å². The van der Waals surface area contributed by atoms with Crippen molar-refractivity contribution in [3.05, 3.63) is 30.1 Å². The van der Waals surface area contributed by atoms with E-state index in [0.717, 1.165) is 12.2 Å². The molecule has 140 valence electrons. The van der Waals surface area contributed by atoms with Crippen molar-refractivity contribution in [2.45, 2.75) is 77.6 Å². The Morgan fingerprint density at radius 3 is 2.36 bits per heavy atom. The number of nitrogens with zero attached hydrogens (tertiary/aromatic N) is 1. The van der Waals surface area contributed by atoms with E-state index < -0.39 is 5.97 Å². The average molecular weight is 347 g/mol. The Hall–Kier alpha value is -1.84. The fourth-order valence-corrected chi connectivity index (χ4v) is 2.69. The van der Waals surface area contributed by atoms with E-state index in [-0.39, 0.29) is 6.42 Å². The maximum atomic E-state index is 10.6. The molecular weight excluding hydrogens is 314 g/mol. The molecule has 0 saturated carbocycles. The van der Waals surface area contributed by atoms with Crippen LogP contribution in [0.4, 0.5) is 0 Å². The molecule has 0 aliphatic carbocycles. The fourth-order valence-electron chi connectivity index (χ4n) is 2.69. The van der Waals surface area contributed by atoms with E-state index in [9.17, 15) is 4.79 Å². The predicted octanol–water partition coefficient (Wildman–Crippen LogP) is 5.87. The van der Waals surface area contributed by atoms with Gasteiger partial charge in [0.15, 0.2) is 0 Å². The van der Waals surface area contributed by atoms with Gasteiger partial charge in [-0.15, -0.1) is 0 Å². The van der Waals surface area contributed by atoms with Gasteiger partial charge in [0, 0.05) is 6.20 Å². The first-order chi connectivity index (χ1) is 12.2. The molecular formula is C21H33NO3. The van der Waals surface area contributed by atoms with Crippen molar-refractivity contribution in [3.63, 3.8) is 0 Å². The minimum absolute atomic E-state index is 0.00550. The Labute approximate surface area is 152 Å². The van der Waals surface area contributed by atoms with E-state index >= 15 is 0 Å². The van der Waals surface area contributed by atoms with Crippen LogP contribution in [0.3, 0.4) is 0 Å². The van der Waals surface area contributed by atoms with Crippen LogP contribution >= 0.6 is 0 Å². The number of aliphatic carboxylic acids is 1. The number of aromatic nitrogens is 1. The summed E-state index contributed by atoms with van der Waals surface area (Å²) in [6.07, 6.45) is 18.0. The molecule has 0 radical (unpaired) electrons. The van der Waals surface area contributed by atoms with Gasteiger partial charge in [0.25, 0.3) is 0 Å². The molecule has 1 aromatic heterocycles. The lowest BCUT2D eigenvalue weighted by molar-refractivity contribution is -0.135. The summed E-state index contributed by atoms with van der Waals surface area (Å²) in [6, 6.07) is 3.71. The molecule has 0 fully saturated rings. The van der Waals surface area contributed by atoms with Crippen molar-refractivity contribution >= 4 is 12.0 Å². The Morgan fingerprint density at radius 2 is 1.72 bits per heavy atom. The van der Waals surface area contributed by atoms with Gasteiger partial charge in [0.1, 0.15) is 11.4 Å². The number of pyridine rings is 1. The van der Waals surface area contributed by atoms with E-state index in [1.165, 1.54) is 57.8 Å². The normalized spacial score (nSPS) is 11.1. The van der Waals surface area contributed by atoms with E-state index in [2.05, 4.69) is 11.9 Å². The summed E-state index contributed by atoms with van der Waals surface area (Å²) in [5.41, 5.74) is 0.691. The van der Waals surface area contributed by atoms with Crippen molar-refractivity contribution in [1.29, 1.82) is 0 Å². The molecule has 0 aliphatic heterocycles. The van der Waals surface area contributed by atoms with Gasteiger partial charge in [0.2, 0.25) is 0 Å². The van der Waals surface area contributed by atoms with E-state index in [1.807, 2.05) is 12.1 Å². The lowest BCUT2D eigenvalue weighted by Gasteiger charge is -2.08. The SMILES string of the molecule is CCCCCCCCCCCCOc1cccnc1/C=C/CC(=O)O. The van der Waals surface area contributed by atoms with Gasteiger partial charge < -0.3 is 9.84 Å². The monoisotopic (exact) mass is 347 g/mol. The molecule has 1 heterocycles. The number of hydrogen-bond acceptors (Lipinski definition) is 3. The number of hydrogen-bond donors (Lipinski definition) is 1. The maximum absolute atomic E-state index is 10.6. The summed E-state index contributed by atoms with van der Waals surface area (Å²) in [7, 11) is 0. The molecule has 1 aromatic rings. The first-order valence-corrected chi connectivity index (χ1v) is 9.70. The zero-order valence-corrected chi connectivity index (χ0v) is 15.6. The molecule has 0 bridgehead atoms. The average Bonchev–Trinajstić information content (AvgIpc) is 2.60. The molecule has 1 rings (SSSR count). The highest BCUT2D eigenvalue weighted by molar-refractivity contribution is 5.70. The molecule has 0 atom stereocenters. The summed E-state index contributed by atoms with van der Waals surface area (Å²) >= 11 is 0. The molecule has 1 N–H and O–H groups in total. The third-order valence-corrected chi connectivity index (χ3v) is 4.12. The highest BCUT2D eigenvalue weighted by atomic mass is 16.5. The quantitative estimate of drug-likeness (QED) is 0.403. The van der Waals surface area contributed by atoms with Gasteiger partial charge in [0.05, 0.1) is 13.0 Å². The number of carboxylic acid groups (broad SMARTS) is 1. The first-order valence-electron chi connectivity index (χ1n) is 9.70. The van der Waals surface area contributed by atoms with Crippen LogP contribution in [-0.2, 0) is 4.79 Å². The number of ether oxygens (including phenoxy) is 1. The minimum Gasteiger partial charge on any atom is -0.491 e. The van der Waals surface area contributed by atoms with E-state index in [0.29, 0.717) is 12.3 Å². The summed E-state index contributed by atoms with van der Waals surface area (Å²) in [6.45, 7) is 2.94. The van der Waals surface area contributed by atoms with Crippen molar-refractivity contribution in [3.8, 4) is 5.75 Å². The second kappa shape index (κ2) is 14.5. The fraction of sp³-hybridized carbons (Fsp3) is 0.619. The molecule has 0 unspecified atom stereocenters. The lowest BCUT2D eigenvalue weighted by atomic mass is 10.1. The number of rotatable bonds is 15. The van der Waals surface area contributed by atoms with Gasteiger partial charge in [-0.05, 0) is 24.6 Å². The molecule has 0 aliphatic rings. The standard InChI is InChI=1S/C21H33NO3/c1-2-3-4-5-6-7-8-9-10-11-18-25-20-15-13-17-22-19(20)14-12-16-21(23)24/h12-15,17H,2-11,16,18H2,1H3,(H,23,24)/b14-12+. The second-order valence-electron chi connectivity index (χ2n) is 6.42. The molecule has 0 amide bonds. The van der Waals surface area contributed by atoms with Crippen LogP contribution in [0.1, 0.15) is 83.2 Å². The summed E-state index contributed by atoms with van der Waals surface area (Å²) < 4.78 is 5.81. The lowest BCUT2D eigenvalue weighted by Crippen LogP contribution is -2.00. The van der Waals surface area contributed by atoms with Gasteiger partial charge in [-0.1, -0.05) is 70.8 Å². The van der Waals surface area contributed by atoms with Crippen molar-refractivity contribution in [2.75, 3.05) is 6.61 Å². The Bertz CT molecular complexity index is 500. The van der Waals surface area contributed by atoms with E-state index in [1.54, 1.807) is 18.3 Å². The first kappa shape index (κ1) is 21.2. The van der Waals surface area contributed by atoms with Gasteiger partial charge in [-0.3, -0.25) is 9.78 Å². The van der Waals surface area contributed by atoms with Crippen LogP contribution in [0.25, 0.3) is 6.08 Å². The predicted molar refractivity (Wildman–Crippen MR) is 103 cm³/mol. The van der Waals surface area contributed by atoms with Crippen LogP contribution in [-0.4, -0.2) is 22.7 Å². The Kier molecular flexibility index (Phi) is 12.3. The van der Waals surface area contributed by atoms with Gasteiger partial charge in [-0.2, -0.15) is 0 Å². The van der Waals surface area contributed by atoms with Crippen molar-refractivity contribution in [2.24, 2.45) is 0 Å². The summed E-state index contributed by atoms with van der Waals surface area (Å²) in [5.74, 6) is -0.125. The summed E-state index contributed by atoms with van der Waals surface area (Å²) in [5, 5.41) is 8.67.